The van der Waals surface area contributed by atoms with Crippen LogP contribution in [0.25, 0.3) is 0 Å². The standard InChI is InChI=1S/C18H22N2OS/c1-12-8-13(2)10-15(9-12)18(5-6-18)17(21)19-7-4-16-20-14(3)11-22-16/h8-11H,4-7H2,1-3H3,(H,19,21). The van der Waals surface area contributed by atoms with Gasteiger partial charge in [0.1, 0.15) is 0 Å². The third kappa shape index (κ3) is 3.07. The van der Waals surface area contributed by atoms with Crippen molar-refractivity contribution in [1.29, 1.82) is 0 Å². The molecule has 4 heteroatoms. The van der Waals surface area contributed by atoms with Crippen molar-refractivity contribution in [2.24, 2.45) is 0 Å². The normalized spacial score (nSPS) is 15.6. The minimum atomic E-state index is -0.282. The van der Waals surface area contributed by atoms with Gasteiger partial charge < -0.3 is 5.32 Å². The Morgan fingerprint density at radius 3 is 2.45 bits per heavy atom. The van der Waals surface area contributed by atoms with Gasteiger partial charge in [-0.3, -0.25) is 4.79 Å². The van der Waals surface area contributed by atoms with Gasteiger partial charge in [0.2, 0.25) is 5.91 Å². The molecule has 1 fully saturated rings. The van der Waals surface area contributed by atoms with E-state index in [-0.39, 0.29) is 11.3 Å². The third-order valence-electron chi connectivity index (χ3n) is 4.25. The lowest BCUT2D eigenvalue weighted by Gasteiger charge is -2.17. The lowest BCUT2D eigenvalue weighted by Crippen LogP contribution is -2.36. The number of nitrogens with one attached hydrogen (secondary N) is 1. The number of rotatable bonds is 5. The minimum Gasteiger partial charge on any atom is -0.355 e. The summed E-state index contributed by atoms with van der Waals surface area (Å²) in [7, 11) is 0. The highest BCUT2D eigenvalue weighted by molar-refractivity contribution is 7.09. The maximum Gasteiger partial charge on any atom is 0.230 e. The number of carbonyl (C=O) groups excluding carboxylic acids is 1. The Morgan fingerprint density at radius 1 is 1.23 bits per heavy atom. The van der Waals surface area contributed by atoms with Crippen molar-refractivity contribution in [3.05, 3.63) is 51.0 Å². The first-order chi connectivity index (χ1) is 10.5. The average molecular weight is 314 g/mol. The summed E-state index contributed by atoms with van der Waals surface area (Å²) in [5.41, 5.74) is 4.41. The molecule has 0 spiro atoms. The predicted molar refractivity (Wildman–Crippen MR) is 90.4 cm³/mol. The number of nitrogens with zero attached hydrogens (tertiary/aromatic N) is 1. The first kappa shape index (κ1) is 15.2. The highest BCUT2D eigenvalue weighted by Crippen LogP contribution is 2.48. The van der Waals surface area contributed by atoms with E-state index in [0.29, 0.717) is 6.54 Å². The Kier molecular flexibility index (Phi) is 4.04. The highest BCUT2D eigenvalue weighted by atomic mass is 32.1. The van der Waals surface area contributed by atoms with Crippen LogP contribution in [-0.4, -0.2) is 17.4 Å². The number of hydrogen-bond acceptors (Lipinski definition) is 3. The molecule has 3 nitrogen and oxygen atoms in total. The fraction of sp³-hybridized carbons (Fsp3) is 0.444. The van der Waals surface area contributed by atoms with E-state index < -0.39 is 0 Å². The summed E-state index contributed by atoms with van der Waals surface area (Å²) in [5, 5.41) is 6.25. The van der Waals surface area contributed by atoms with Crippen molar-refractivity contribution >= 4 is 17.2 Å². The zero-order valence-corrected chi connectivity index (χ0v) is 14.2. The maximum atomic E-state index is 12.6. The molecule has 1 aromatic carbocycles. The molecule has 0 saturated heterocycles. The smallest absolute Gasteiger partial charge is 0.230 e. The molecule has 0 atom stereocenters. The van der Waals surface area contributed by atoms with Crippen LogP contribution in [0.4, 0.5) is 0 Å². The van der Waals surface area contributed by atoms with Gasteiger partial charge in [0.15, 0.2) is 0 Å². The third-order valence-corrected chi connectivity index (χ3v) is 5.28. The van der Waals surface area contributed by atoms with E-state index in [0.717, 1.165) is 30.0 Å². The average Bonchev–Trinajstić information content (AvgIpc) is 3.16. The van der Waals surface area contributed by atoms with Gasteiger partial charge in [-0.2, -0.15) is 0 Å². The number of carbonyl (C=O) groups is 1. The lowest BCUT2D eigenvalue weighted by atomic mass is 9.92. The van der Waals surface area contributed by atoms with Crippen molar-refractivity contribution < 1.29 is 4.79 Å². The second kappa shape index (κ2) is 5.84. The van der Waals surface area contributed by atoms with Gasteiger partial charge >= 0.3 is 0 Å². The largest absolute Gasteiger partial charge is 0.355 e. The second-order valence-electron chi connectivity index (χ2n) is 6.35. The fourth-order valence-corrected chi connectivity index (χ4v) is 3.77. The van der Waals surface area contributed by atoms with Gasteiger partial charge in [-0.05, 0) is 39.2 Å². The Hall–Kier alpha value is -1.68. The monoisotopic (exact) mass is 314 g/mol. The summed E-state index contributed by atoms with van der Waals surface area (Å²) in [6, 6.07) is 6.47. The summed E-state index contributed by atoms with van der Waals surface area (Å²) in [6.07, 6.45) is 2.73. The molecule has 1 saturated carbocycles. The van der Waals surface area contributed by atoms with Crippen LogP contribution in [0.2, 0.25) is 0 Å². The van der Waals surface area contributed by atoms with Gasteiger partial charge in [-0.1, -0.05) is 29.3 Å². The summed E-state index contributed by atoms with van der Waals surface area (Å²) in [6.45, 7) is 6.85. The Morgan fingerprint density at radius 2 is 1.91 bits per heavy atom. The Labute approximate surface area is 135 Å². The van der Waals surface area contributed by atoms with E-state index in [9.17, 15) is 4.79 Å². The summed E-state index contributed by atoms with van der Waals surface area (Å²) in [5.74, 6) is 0.172. The zero-order chi connectivity index (χ0) is 15.7. The van der Waals surface area contributed by atoms with Gasteiger partial charge in [-0.25, -0.2) is 4.98 Å². The van der Waals surface area contributed by atoms with Crippen LogP contribution < -0.4 is 5.32 Å². The van der Waals surface area contributed by atoms with Crippen LogP contribution in [0, 0.1) is 20.8 Å². The summed E-state index contributed by atoms with van der Waals surface area (Å²) in [4.78, 5) is 17.1. The van der Waals surface area contributed by atoms with Gasteiger partial charge in [0.05, 0.1) is 10.4 Å². The molecule has 2 aromatic rings. The van der Waals surface area contributed by atoms with Crippen molar-refractivity contribution in [1.82, 2.24) is 10.3 Å². The first-order valence-electron chi connectivity index (χ1n) is 7.78. The Bertz CT molecular complexity index is 681. The SMILES string of the molecule is Cc1cc(C)cc(C2(C(=O)NCCc3nc(C)cs3)CC2)c1. The second-order valence-corrected chi connectivity index (χ2v) is 7.29. The van der Waals surface area contributed by atoms with Crippen LogP contribution in [-0.2, 0) is 16.6 Å². The van der Waals surface area contributed by atoms with Gasteiger partial charge in [0, 0.05) is 24.0 Å². The molecule has 1 amide bonds. The summed E-state index contributed by atoms with van der Waals surface area (Å²) >= 11 is 1.66. The van der Waals surface area contributed by atoms with Crippen molar-refractivity contribution in [2.75, 3.05) is 6.54 Å². The molecule has 0 radical (unpaired) electrons. The topological polar surface area (TPSA) is 42.0 Å². The van der Waals surface area contributed by atoms with Crippen LogP contribution >= 0.6 is 11.3 Å². The predicted octanol–water partition coefficient (Wildman–Crippen LogP) is 3.46. The van der Waals surface area contributed by atoms with E-state index >= 15 is 0 Å². The molecule has 3 rings (SSSR count). The molecule has 0 bridgehead atoms. The lowest BCUT2D eigenvalue weighted by molar-refractivity contribution is -0.123. The zero-order valence-electron chi connectivity index (χ0n) is 13.4. The van der Waals surface area contributed by atoms with Gasteiger partial charge in [-0.15, -0.1) is 11.3 Å². The van der Waals surface area contributed by atoms with E-state index in [1.54, 1.807) is 11.3 Å². The van der Waals surface area contributed by atoms with E-state index in [1.165, 1.54) is 16.7 Å². The molecular formula is C18H22N2OS. The Balaban J connectivity index is 1.64. The molecule has 1 aliphatic carbocycles. The molecule has 0 unspecified atom stereocenters. The molecule has 22 heavy (non-hydrogen) atoms. The van der Waals surface area contributed by atoms with Crippen molar-refractivity contribution in [3.63, 3.8) is 0 Å². The number of benzene rings is 1. The summed E-state index contributed by atoms with van der Waals surface area (Å²) < 4.78 is 0. The molecule has 1 heterocycles. The van der Waals surface area contributed by atoms with E-state index in [4.69, 9.17) is 0 Å². The number of aromatic nitrogens is 1. The van der Waals surface area contributed by atoms with E-state index in [1.807, 2.05) is 6.92 Å². The maximum absolute atomic E-state index is 12.6. The quantitative estimate of drug-likeness (QED) is 0.918. The van der Waals surface area contributed by atoms with E-state index in [2.05, 4.69) is 47.7 Å². The number of hydrogen-bond donors (Lipinski definition) is 1. The number of amides is 1. The van der Waals surface area contributed by atoms with Gasteiger partial charge in [0.25, 0.3) is 0 Å². The van der Waals surface area contributed by atoms with Crippen molar-refractivity contribution in [3.8, 4) is 0 Å². The molecule has 116 valence electrons. The van der Waals surface area contributed by atoms with Crippen LogP contribution in [0.3, 0.4) is 0 Å². The molecule has 0 aliphatic heterocycles. The van der Waals surface area contributed by atoms with Crippen LogP contribution in [0.15, 0.2) is 23.6 Å². The molecular weight excluding hydrogens is 292 g/mol. The highest BCUT2D eigenvalue weighted by Gasteiger charge is 2.51. The number of thiazole rings is 1. The molecule has 1 aliphatic rings. The van der Waals surface area contributed by atoms with Crippen LogP contribution in [0.5, 0.6) is 0 Å². The molecule has 1 N–H and O–H groups in total. The molecule has 1 aromatic heterocycles. The number of aryl methyl sites for hydroxylation is 3. The van der Waals surface area contributed by atoms with Crippen LogP contribution in [0.1, 0.15) is 40.2 Å². The first-order valence-corrected chi connectivity index (χ1v) is 8.66. The fourth-order valence-electron chi connectivity index (χ4n) is 2.99. The minimum absolute atomic E-state index is 0.172. The van der Waals surface area contributed by atoms with Crippen molar-refractivity contribution in [2.45, 2.75) is 45.4 Å².